The minimum atomic E-state index is -0.303. The standard InChI is InChI=1S/C18H25NO3/c1-10(2)6-13-8-14(7-11(3)4)16-15(13)17(21)19(18(16)22)9-12(5)20/h6-7,13-16H,8-9H2,1-5H3. The number of imide groups is 1. The van der Waals surface area contributed by atoms with Crippen molar-refractivity contribution in [2.24, 2.45) is 23.7 Å². The summed E-state index contributed by atoms with van der Waals surface area (Å²) in [5.41, 5.74) is 2.32. The van der Waals surface area contributed by atoms with E-state index in [9.17, 15) is 14.4 Å². The maximum atomic E-state index is 12.7. The molecule has 4 atom stereocenters. The third kappa shape index (κ3) is 3.06. The number of nitrogens with zero attached hydrogens (tertiary/aromatic N) is 1. The van der Waals surface area contributed by atoms with Crippen molar-refractivity contribution in [1.29, 1.82) is 0 Å². The first-order valence-electron chi connectivity index (χ1n) is 7.87. The van der Waals surface area contributed by atoms with Crippen LogP contribution in [0.25, 0.3) is 0 Å². The second-order valence-corrected chi connectivity index (χ2v) is 7.07. The minimum absolute atomic E-state index is 0.0870. The van der Waals surface area contributed by atoms with Crippen LogP contribution >= 0.6 is 0 Å². The van der Waals surface area contributed by atoms with Crippen molar-refractivity contribution in [3.63, 3.8) is 0 Å². The third-order valence-electron chi connectivity index (χ3n) is 4.43. The first kappa shape index (κ1) is 16.7. The molecule has 0 radical (unpaired) electrons. The Morgan fingerprint density at radius 2 is 1.36 bits per heavy atom. The first-order valence-corrected chi connectivity index (χ1v) is 7.87. The van der Waals surface area contributed by atoms with Crippen molar-refractivity contribution >= 4 is 17.6 Å². The van der Waals surface area contributed by atoms with Crippen LogP contribution in [0.2, 0.25) is 0 Å². The van der Waals surface area contributed by atoms with E-state index in [2.05, 4.69) is 12.2 Å². The van der Waals surface area contributed by atoms with Gasteiger partial charge in [0, 0.05) is 0 Å². The summed E-state index contributed by atoms with van der Waals surface area (Å²) in [6.45, 7) is 9.37. The van der Waals surface area contributed by atoms with Crippen LogP contribution in [0.1, 0.15) is 41.0 Å². The Kier molecular flexibility index (Phi) is 4.69. The van der Waals surface area contributed by atoms with E-state index in [0.29, 0.717) is 0 Å². The molecule has 4 heteroatoms. The van der Waals surface area contributed by atoms with Gasteiger partial charge in [-0.25, -0.2) is 0 Å². The summed E-state index contributed by atoms with van der Waals surface area (Å²) in [6, 6.07) is 0. The van der Waals surface area contributed by atoms with Gasteiger partial charge in [-0.1, -0.05) is 23.3 Å². The van der Waals surface area contributed by atoms with E-state index in [0.717, 1.165) is 17.6 Å². The van der Waals surface area contributed by atoms with Gasteiger partial charge in [0.1, 0.15) is 5.78 Å². The Morgan fingerprint density at radius 1 is 0.955 bits per heavy atom. The van der Waals surface area contributed by atoms with Crippen molar-refractivity contribution < 1.29 is 14.4 Å². The van der Waals surface area contributed by atoms with Gasteiger partial charge in [-0.2, -0.15) is 0 Å². The molecule has 0 spiro atoms. The summed E-state index contributed by atoms with van der Waals surface area (Å²) in [7, 11) is 0. The van der Waals surface area contributed by atoms with Gasteiger partial charge in [-0.3, -0.25) is 19.3 Å². The van der Waals surface area contributed by atoms with Crippen LogP contribution in [0.4, 0.5) is 0 Å². The topological polar surface area (TPSA) is 54.5 Å². The molecule has 4 unspecified atom stereocenters. The molecule has 1 saturated heterocycles. The normalized spacial score (nSPS) is 30.3. The second-order valence-electron chi connectivity index (χ2n) is 7.07. The zero-order valence-electron chi connectivity index (χ0n) is 14.1. The van der Waals surface area contributed by atoms with Gasteiger partial charge in [0.05, 0.1) is 18.4 Å². The number of carbonyl (C=O) groups is 3. The van der Waals surface area contributed by atoms with Gasteiger partial charge < -0.3 is 0 Å². The Morgan fingerprint density at radius 3 is 1.68 bits per heavy atom. The lowest BCUT2D eigenvalue weighted by Gasteiger charge is -2.18. The van der Waals surface area contributed by atoms with Gasteiger partial charge in [0.15, 0.2) is 0 Å². The summed E-state index contributed by atoms with van der Waals surface area (Å²) < 4.78 is 0. The first-order chi connectivity index (χ1) is 10.2. The summed E-state index contributed by atoms with van der Waals surface area (Å²) in [4.78, 5) is 37.9. The molecule has 120 valence electrons. The lowest BCUT2D eigenvalue weighted by molar-refractivity contribution is -0.143. The lowest BCUT2D eigenvalue weighted by Crippen LogP contribution is -2.37. The van der Waals surface area contributed by atoms with Gasteiger partial charge in [-0.05, 0) is 52.9 Å². The van der Waals surface area contributed by atoms with Crippen LogP contribution in [0.3, 0.4) is 0 Å². The average Bonchev–Trinajstić information content (AvgIpc) is 2.81. The fourth-order valence-corrected chi connectivity index (χ4v) is 3.86. The molecule has 1 aliphatic carbocycles. The van der Waals surface area contributed by atoms with E-state index >= 15 is 0 Å². The number of Topliss-reactive ketones (excluding diaryl/α,β-unsaturated/α-hetero) is 1. The Bertz CT molecular complexity index is 523. The van der Waals surface area contributed by atoms with Crippen molar-refractivity contribution in [3.05, 3.63) is 23.3 Å². The zero-order valence-corrected chi connectivity index (χ0v) is 14.1. The molecule has 2 aliphatic rings. The number of rotatable bonds is 4. The largest absolute Gasteiger partial charge is 0.298 e. The maximum absolute atomic E-state index is 12.7. The summed E-state index contributed by atoms with van der Waals surface area (Å²) >= 11 is 0. The molecule has 0 aromatic rings. The van der Waals surface area contributed by atoms with Crippen LogP contribution in [-0.4, -0.2) is 29.0 Å². The molecule has 0 aromatic carbocycles. The monoisotopic (exact) mass is 303 g/mol. The number of allylic oxidation sites excluding steroid dienone is 4. The van der Waals surface area contributed by atoms with E-state index in [1.54, 1.807) is 0 Å². The molecule has 2 rings (SSSR count). The van der Waals surface area contributed by atoms with E-state index in [1.807, 2.05) is 27.7 Å². The molecule has 0 aromatic heterocycles. The predicted molar refractivity (Wildman–Crippen MR) is 84.8 cm³/mol. The molecule has 2 amide bonds. The Labute approximate surface area is 132 Å². The smallest absolute Gasteiger partial charge is 0.234 e. The molecule has 4 nitrogen and oxygen atoms in total. The molecular weight excluding hydrogens is 278 g/mol. The van der Waals surface area contributed by atoms with Crippen LogP contribution in [0.15, 0.2) is 23.3 Å². The van der Waals surface area contributed by atoms with Gasteiger partial charge in [0.2, 0.25) is 11.8 Å². The van der Waals surface area contributed by atoms with E-state index < -0.39 is 0 Å². The van der Waals surface area contributed by atoms with Crippen LogP contribution in [-0.2, 0) is 14.4 Å². The molecule has 22 heavy (non-hydrogen) atoms. The number of hydrogen-bond acceptors (Lipinski definition) is 3. The summed E-state index contributed by atoms with van der Waals surface area (Å²) in [5.74, 6) is -0.924. The highest BCUT2D eigenvalue weighted by Crippen LogP contribution is 2.49. The number of amides is 2. The van der Waals surface area contributed by atoms with Gasteiger partial charge in [0.25, 0.3) is 0 Å². The van der Waals surface area contributed by atoms with Crippen molar-refractivity contribution in [3.8, 4) is 0 Å². The maximum Gasteiger partial charge on any atom is 0.234 e. The highest BCUT2D eigenvalue weighted by atomic mass is 16.2. The Hall–Kier alpha value is -1.71. The minimum Gasteiger partial charge on any atom is -0.298 e. The fraction of sp³-hybridized carbons (Fsp3) is 0.611. The zero-order chi connectivity index (χ0) is 16.6. The third-order valence-corrected chi connectivity index (χ3v) is 4.43. The number of hydrogen-bond donors (Lipinski definition) is 0. The summed E-state index contributed by atoms with van der Waals surface area (Å²) in [6.07, 6.45) is 5.05. The van der Waals surface area contributed by atoms with E-state index in [4.69, 9.17) is 0 Å². The molecular formula is C18H25NO3. The number of carbonyl (C=O) groups excluding carboxylic acids is 3. The number of likely N-dealkylation sites (tertiary alicyclic amines) is 1. The van der Waals surface area contributed by atoms with E-state index in [1.165, 1.54) is 11.8 Å². The molecule has 2 fully saturated rings. The Balaban J connectivity index is 2.39. The predicted octanol–water partition coefficient (Wildman–Crippen LogP) is 2.75. The van der Waals surface area contributed by atoms with Crippen molar-refractivity contribution in [2.75, 3.05) is 6.54 Å². The SMILES string of the molecule is CC(=O)CN1C(=O)C2C(C=C(C)C)CC(C=C(C)C)C2C1=O. The van der Waals surface area contributed by atoms with Crippen LogP contribution in [0, 0.1) is 23.7 Å². The average molecular weight is 303 g/mol. The van der Waals surface area contributed by atoms with Crippen molar-refractivity contribution in [1.82, 2.24) is 4.90 Å². The second kappa shape index (κ2) is 6.19. The van der Waals surface area contributed by atoms with Crippen molar-refractivity contribution in [2.45, 2.75) is 41.0 Å². The highest BCUT2D eigenvalue weighted by Gasteiger charge is 2.57. The molecule has 1 aliphatic heterocycles. The van der Waals surface area contributed by atoms with Gasteiger partial charge in [-0.15, -0.1) is 0 Å². The fourth-order valence-electron chi connectivity index (χ4n) is 3.86. The highest BCUT2D eigenvalue weighted by molar-refractivity contribution is 6.08. The quantitative estimate of drug-likeness (QED) is 0.593. The number of ketones is 1. The molecule has 1 heterocycles. The van der Waals surface area contributed by atoms with Crippen LogP contribution < -0.4 is 0 Å². The van der Waals surface area contributed by atoms with E-state index in [-0.39, 0.29) is 47.8 Å². The molecule has 1 saturated carbocycles. The van der Waals surface area contributed by atoms with Crippen LogP contribution in [0.5, 0.6) is 0 Å². The molecule has 0 bridgehead atoms. The molecule has 0 N–H and O–H groups in total. The lowest BCUT2D eigenvalue weighted by atomic mass is 9.88. The summed E-state index contributed by atoms with van der Waals surface area (Å²) in [5, 5.41) is 0. The van der Waals surface area contributed by atoms with Gasteiger partial charge >= 0.3 is 0 Å². The number of fused-ring (bicyclic) bond motifs is 1.